The summed E-state index contributed by atoms with van der Waals surface area (Å²) in [6.07, 6.45) is 3.44. The largest absolute Gasteiger partial charge is 0.448 e. The molecule has 3 amide bonds. The van der Waals surface area contributed by atoms with Gasteiger partial charge in [-0.2, -0.15) is 0 Å². The minimum Gasteiger partial charge on any atom is -0.448 e. The summed E-state index contributed by atoms with van der Waals surface area (Å²) in [5.74, 6) is -0.311. The first kappa shape index (κ1) is 18.0. The SMILES string of the molecule is O=C(Nc1ccc2c(c1)CN(C(=O)CN1CCOC1=O)CC2)c1ccncc1. The third-order valence-electron chi connectivity index (χ3n) is 4.94. The van der Waals surface area contributed by atoms with E-state index in [1.807, 2.05) is 18.2 Å². The van der Waals surface area contributed by atoms with Crippen molar-refractivity contribution in [2.24, 2.45) is 0 Å². The first-order valence-electron chi connectivity index (χ1n) is 9.13. The van der Waals surface area contributed by atoms with Crippen LogP contribution in [0, 0.1) is 0 Å². The number of carbonyl (C=O) groups excluding carboxylic acids is 3. The predicted molar refractivity (Wildman–Crippen MR) is 101 cm³/mol. The van der Waals surface area contributed by atoms with E-state index in [2.05, 4.69) is 10.3 Å². The maximum atomic E-state index is 12.6. The van der Waals surface area contributed by atoms with E-state index in [4.69, 9.17) is 4.74 Å². The molecular weight excluding hydrogens is 360 g/mol. The predicted octanol–water partition coefficient (Wildman–Crippen LogP) is 1.67. The Balaban J connectivity index is 1.43. The van der Waals surface area contributed by atoms with Gasteiger partial charge in [0.15, 0.2) is 0 Å². The van der Waals surface area contributed by atoms with Gasteiger partial charge in [0.1, 0.15) is 13.2 Å². The van der Waals surface area contributed by atoms with E-state index in [9.17, 15) is 14.4 Å². The van der Waals surface area contributed by atoms with Gasteiger partial charge in [0.2, 0.25) is 5.91 Å². The molecule has 8 nitrogen and oxygen atoms in total. The summed E-state index contributed by atoms with van der Waals surface area (Å²) in [5, 5.41) is 2.88. The lowest BCUT2D eigenvalue weighted by molar-refractivity contribution is -0.132. The number of fused-ring (bicyclic) bond motifs is 1. The second-order valence-corrected chi connectivity index (χ2v) is 6.77. The number of amides is 3. The molecule has 0 spiro atoms. The number of aromatic nitrogens is 1. The number of rotatable bonds is 4. The van der Waals surface area contributed by atoms with Crippen LogP contribution >= 0.6 is 0 Å². The monoisotopic (exact) mass is 380 g/mol. The molecule has 0 aliphatic carbocycles. The van der Waals surface area contributed by atoms with Crippen LogP contribution in [-0.4, -0.2) is 58.9 Å². The number of nitrogens with one attached hydrogen (secondary N) is 1. The summed E-state index contributed by atoms with van der Waals surface area (Å²) in [4.78, 5) is 43.5. The molecule has 2 aromatic rings. The van der Waals surface area contributed by atoms with Crippen molar-refractivity contribution >= 4 is 23.6 Å². The Morgan fingerprint density at radius 1 is 1.11 bits per heavy atom. The fraction of sp³-hybridized carbons (Fsp3) is 0.300. The van der Waals surface area contributed by atoms with E-state index in [1.54, 1.807) is 29.4 Å². The molecule has 28 heavy (non-hydrogen) atoms. The molecule has 2 aliphatic rings. The van der Waals surface area contributed by atoms with Crippen molar-refractivity contribution in [1.82, 2.24) is 14.8 Å². The molecule has 0 atom stereocenters. The standard InChI is InChI=1S/C20H20N4O4/c25-18(13-24-9-10-28-20(24)27)23-8-5-14-1-2-17(11-16(14)12-23)22-19(26)15-3-6-21-7-4-15/h1-4,6-7,11H,5,8-10,12-13H2,(H,22,26). The summed E-state index contributed by atoms with van der Waals surface area (Å²) in [6, 6.07) is 9.06. The highest BCUT2D eigenvalue weighted by molar-refractivity contribution is 6.04. The van der Waals surface area contributed by atoms with Crippen LogP contribution in [0.25, 0.3) is 0 Å². The van der Waals surface area contributed by atoms with Gasteiger partial charge < -0.3 is 15.0 Å². The van der Waals surface area contributed by atoms with E-state index < -0.39 is 6.09 Å². The maximum absolute atomic E-state index is 12.6. The van der Waals surface area contributed by atoms with E-state index in [0.717, 1.165) is 17.5 Å². The zero-order valence-corrected chi connectivity index (χ0v) is 15.3. The molecule has 1 saturated heterocycles. The van der Waals surface area contributed by atoms with Crippen molar-refractivity contribution in [3.63, 3.8) is 0 Å². The van der Waals surface area contributed by atoms with Crippen molar-refractivity contribution in [2.45, 2.75) is 13.0 Å². The van der Waals surface area contributed by atoms with Crippen LogP contribution in [0.4, 0.5) is 10.5 Å². The van der Waals surface area contributed by atoms with Crippen molar-refractivity contribution in [1.29, 1.82) is 0 Å². The van der Waals surface area contributed by atoms with Crippen LogP contribution in [0.15, 0.2) is 42.7 Å². The number of nitrogens with zero attached hydrogens (tertiary/aromatic N) is 3. The summed E-state index contributed by atoms with van der Waals surface area (Å²) in [6.45, 7) is 1.87. The van der Waals surface area contributed by atoms with E-state index >= 15 is 0 Å². The van der Waals surface area contributed by atoms with E-state index in [1.165, 1.54) is 4.90 Å². The number of ether oxygens (including phenoxy) is 1. The number of hydrogen-bond donors (Lipinski definition) is 1. The minimum atomic E-state index is -0.438. The second-order valence-electron chi connectivity index (χ2n) is 6.77. The van der Waals surface area contributed by atoms with Crippen LogP contribution in [0.5, 0.6) is 0 Å². The highest BCUT2D eigenvalue weighted by Crippen LogP contribution is 2.23. The fourth-order valence-corrected chi connectivity index (χ4v) is 3.39. The third kappa shape index (κ3) is 3.80. The van der Waals surface area contributed by atoms with Gasteiger partial charge in [-0.15, -0.1) is 0 Å². The molecule has 4 rings (SSSR count). The number of cyclic esters (lactones) is 1. The Labute approximate surface area is 162 Å². The molecule has 0 unspecified atom stereocenters. The quantitative estimate of drug-likeness (QED) is 0.871. The molecule has 144 valence electrons. The topological polar surface area (TPSA) is 91.8 Å². The molecule has 2 aliphatic heterocycles. The van der Waals surface area contributed by atoms with Crippen LogP contribution < -0.4 is 5.32 Å². The molecule has 1 aromatic carbocycles. The molecular formula is C20H20N4O4. The summed E-state index contributed by atoms with van der Waals surface area (Å²) in [7, 11) is 0. The van der Waals surface area contributed by atoms with Gasteiger partial charge in [0, 0.05) is 36.7 Å². The van der Waals surface area contributed by atoms with Crippen LogP contribution in [0.1, 0.15) is 21.5 Å². The molecule has 0 bridgehead atoms. The van der Waals surface area contributed by atoms with Crippen molar-refractivity contribution < 1.29 is 19.1 Å². The molecule has 3 heterocycles. The van der Waals surface area contributed by atoms with Crippen LogP contribution in [0.2, 0.25) is 0 Å². The summed E-state index contributed by atoms with van der Waals surface area (Å²) >= 11 is 0. The Hall–Kier alpha value is -3.42. The highest BCUT2D eigenvalue weighted by atomic mass is 16.6. The lowest BCUT2D eigenvalue weighted by Gasteiger charge is -2.30. The lowest BCUT2D eigenvalue weighted by atomic mass is 9.99. The number of benzene rings is 1. The molecule has 0 radical (unpaired) electrons. The zero-order chi connectivity index (χ0) is 19.5. The normalized spacial score (nSPS) is 15.8. The van der Waals surface area contributed by atoms with Crippen molar-refractivity contribution in [3.8, 4) is 0 Å². The number of pyridine rings is 1. The number of anilines is 1. The second kappa shape index (κ2) is 7.67. The first-order valence-corrected chi connectivity index (χ1v) is 9.13. The highest BCUT2D eigenvalue weighted by Gasteiger charge is 2.28. The Bertz CT molecular complexity index is 916. The van der Waals surface area contributed by atoms with Gasteiger partial charge in [-0.3, -0.25) is 19.5 Å². The van der Waals surface area contributed by atoms with Crippen molar-refractivity contribution in [3.05, 3.63) is 59.4 Å². The van der Waals surface area contributed by atoms with Gasteiger partial charge in [0.05, 0.1) is 6.54 Å². The molecule has 8 heteroatoms. The minimum absolute atomic E-state index is 0.0344. The number of hydrogen-bond acceptors (Lipinski definition) is 5. The Morgan fingerprint density at radius 3 is 2.68 bits per heavy atom. The Kier molecular flexibility index (Phi) is 4.92. The van der Waals surface area contributed by atoms with Gasteiger partial charge >= 0.3 is 6.09 Å². The average Bonchev–Trinajstić information content (AvgIpc) is 3.12. The lowest BCUT2D eigenvalue weighted by Crippen LogP contribution is -2.43. The molecule has 1 fully saturated rings. The van der Waals surface area contributed by atoms with E-state index in [0.29, 0.717) is 37.5 Å². The third-order valence-corrected chi connectivity index (χ3v) is 4.94. The number of carbonyl (C=O) groups is 3. The van der Waals surface area contributed by atoms with E-state index in [-0.39, 0.29) is 18.4 Å². The molecule has 1 aromatic heterocycles. The van der Waals surface area contributed by atoms with Gasteiger partial charge in [-0.25, -0.2) is 4.79 Å². The van der Waals surface area contributed by atoms with Gasteiger partial charge in [-0.05, 0) is 41.8 Å². The average molecular weight is 380 g/mol. The fourth-order valence-electron chi connectivity index (χ4n) is 3.39. The molecule has 1 N–H and O–H groups in total. The summed E-state index contributed by atoms with van der Waals surface area (Å²) < 4.78 is 4.87. The van der Waals surface area contributed by atoms with Crippen LogP contribution in [-0.2, 0) is 22.5 Å². The molecule has 0 saturated carbocycles. The zero-order valence-electron chi connectivity index (χ0n) is 15.3. The first-order chi connectivity index (χ1) is 13.6. The van der Waals surface area contributed by atoms with Gasteiger partial charge in [-0.1, -0.05) is 6.07 Å². The smallest absolute Gasteiger partial charge is 0.410 e. The maximum Gasteiger partial charge on any atom is 0.410 e. The van der Waals surface area contributed by atoms with Crippen molar-refractivity contribution in [2.75, 3.05) is 31.6 Å². The summed E-state index contributed by atoms with van der Waals surface area (Å²) in [5.41, 5.74) is 3.36. The van der Waals surface area contributed by atoms with Gasteiger partial charge in [0.25, 0.3) is 5.91 Å². The van der Waals surface area contributed by atoms with Crippen LogP contribution in [0.3, 0.4) is 0 Å². The Morgan fingerprint density at radius 2 is 1.93 bits per heavy atom.